The fourth-order valence-electron chi connectivity index (χ4n) is 2.04. The summed E-state index contributed by atoms with van der Waals surface area (Å²) in [4.78, 5) is 12.9. The number of halogens is 2. The number of rotatable bonds is 4. The van der Waals surface area contributed by atoms with E-state index in [2.05, 4.69) is 20.6 Å². The van der Waals surface area contributed by atoms with Crippen LogP contribution in [0.25, 0.3) is 0 Å². The van der Waals surface area contributed by atoms with E-state index in [4.69, 9.17) is 11.6 Å². The first-order valence-corrected chi connectivity index (χ1v) is 9.58. The molecule has 3 rings (SSSR count). The van der Waals surface area contributed by atoms with Crippen molar-refractivity contribution in [1.82, 2.24) is 20.0 Å². The van der Waals surface area contributed by atoms with Crippen molar-refractivity contribution in [3.05, 3.63) is 51.7 Å². The van der Waals surface area contributed by atoms with Crippen LogP contribution in [0.15, 0.2) is 44.5 Å². The third kappa shape index (κ3) is 4.05. The zero-order valence-electron chi connectivity index (χ0n) is 14.2. The molecule has 26 heavy (non-hydrogen) atoms. The molecule has 0 saturated heterocycles. The van der Waals surface area contributed by atoms with Gasteiger partial charge in [-0.1, -0.05) is 46.8 Å². The molecule has 1 N–H and O–H groups in total. The number of hydrogen-bond acceptors (Lipinski definition) is 7. The first-order chi connectivity index (χ1) is 12.3. The number of benzene rings is 1. The third-order valence-corrected chi connectivity index (χ3v) is 5.64. The van der Waals surface area contributed by atoms with Gasteiger partial charge in [0.1, 0.15) is 10.8 Å². The van der Waals surface area contributed by atoms with E-state index in [-0.39, 0.29) is 16.4 Å². The smallest absolute Gasteiger partial charge is 0.287 e. The topological polar surface area (TPSA) is 72.7 Å². The van der Waals surface area contributed by atoms with Gasteiger partial charge >= 0.3 is 0 Å². The van der Waals surface area contributed by atoms with E-state index in [9.17, 15) is 9.18 Å². The SMILES string of the molecule is CC(C)(C)n1ncc(Sc2nnc(Nc3ccccc3F)s2)c(Cl)c1=O. The highest BCUT2D eigenvalue weighted by Crippen LogP contribution is 2.35. The molecule has 6 nitrogen and oxygen atoms in total. The first-order valence-electron chi connectivity index (χ1n) is 7.57. The van der Waals surface area contributed by atoms with Crippen LogP contribution in [0.5, 0.6) is 0 Å². The first kappa shape index (κ1) is 18.8. The van der Waals surface area contributed by atoms with Crippen LogP contribution in [0.1, 0.15) is 20.8 Å². The molecule has 0 unspecified atom stereocenters. The van der Waals surface area contributed by atoms with Crippen LogP contribution in [0.4, 0.5) is 15.2 Å². The highest BCUT2D eigenvalue weighted by atomic mass is 35.5. The standard InChI is InChI=1S/C16H15ClFN5OS2/c1-16(2,3)23-13(24)12(17)11(8-19-23)25-15-22-21-14(26-15)20-10-7-5-4-6-9(10)18/h4-8H,1-3H3,(H,20,21). The van der Waals surface area contributed by atoms with Crippen molar-refractivity contribution in [3.8, 4) is 0 Å². The van der Waals surface area contributed by atoms with Gasteiger partial charge in [-0.25, -0.2) is 9.07 Å². The van der Waals surface area contributed by atoms with Gasteiger partial charge < -0.3 is 5.32 Å². The van der Waals surface area contributed by atoms with E-state index < -0.39 is 5.54 Å². The van der Waals surface area contributed by atoms with Gasteiger partial charge in [-0.3, -0.25) is 4.79 Å². The van der Waals surface area contributed by atoms with Crippen molar-refractivity contribution in [2.75, 3.05) is 5.32 Å². The number of para-hydroxylation sites is 1. The number of nitrogens with one attached hydrogen (secondary N) is 1. The Labute approximate surface area is 162 Å². The summed E-state index contributed by atoms with van der Waals surface area (Å²) in [7, 11) is 0. The summed E-state index contributed by atoms with van der Waals surface area (Å²) in [6.45, 7) is 5.61. The predicted molar refractivity (Wildman–Crippen MR) is 102 cm³/mol. The van der Waals surface area contributed by atoms with Crippen molar-refractivity contribution in [2.24, 2.45) is 0 Å². The lowest BCUT2D eigenvalue weighted by Gasteiger charge is -2.20. The Balaban J connectivity index is 1.81. The van der Waals surface area contributed by atoms with Crippen molar-refractivity contribution in [1.29, 1.82) is 0 Å². The van der Waals surface area contributed by atoms with Crippen molar-refractivity contribution in [2.45, 2.75) is 35.5 Å². The van der Waals surface area contributed by atoms with E-state index in [1.807, 2.05) is 20.8 Å². The van der Waals surface area contributed by atoms with E-state index in [0.717, 1.165) is 0 Å². The van der Waals surface area contributed by atoms with Crippen LogP contribution in [-0.4, -0.2) is 20.0 Å². The molecule has 0 amide bonds. The van der Waals surface area contributed by atoms with E-state index in [0.29, 0.717) is 20.1 Å². The highest BCUT2D eigenvalue weighted by Gasteiger charge is 2.20. The number of aromatic nitrogens is 4. The van der Waals surface area contributed by atoms with E-state index >= 15 is 0 Å². The lowest BCUT2D eigenvalue weighted by atomic mass is 10.1. The predicted octanol–water partition coefficient (Wildman–Crippen LogP) is 4.54. The van der Waals surface area contributed by atoms with Gasteiger partial charge in [-0.15, -0.1) is 10.2 Å². The molecule has 136 valence electrons. The Bertz CT molecular complexity index is 999. The van der Waals surface area contributed by atoms with Gasteiger partial charge in [0.15, 0.2) is 4.34 Å². The summed E-state index contributed by atoms with van der Waals surface area (Å²) in [5, 5.41) is 15.6. The Hall–Kier alpha value is -1.97. The molecule has 2 heterocycles. The minimum atomic E-state index is -0.469. The van der Waals surface area contributed by atoms with Gasteiger partial charge in [-0.2, -0.15) is 5.10 Å². The molecule has 0 aliphatic heterocycles. The van der Waals surface area contributed by atoms with Gasteiger partial charge in [0.25, 0.3) is 5.56 Å². The number of hydrogen-bond donors (Lipinski definition) is 1. The quantitative estimate of drug-likeness (QED) is 0.679. The Kier molecular flexibility index (Phi) is 5.31. The summed E-state index contributed by atoms with van der Waals surface area (Å²) in [6.07, 6.45) is 1.53. The lowest BCUT2D eigenvalue weighted by Crippen LogP contribution is -2.36. The third-order valence-electron chi connectivity index (χ3n) is 3.24. The average molecular weight is 412 g/mol. The molecule has 0 aliphatic rings. The van der Waals surface area contributed by atoms with E-state index in [1.165, 1.54) is 40.0 Å². The number of nitrogens with zero attached hydrogens (tertiary/aromatic N) is 4. The Morgan fingerprint density at radius 2 is 2.00 bits per heavy atom. The second-order valence-corrected chi connectivity index (χ2v) is 8.94. The monoisotopic (exact) mass is 411 g/mol. The maximum absolute atomic E-state index is 13.7. The lowest BCUT2D eigenvalue weighted by molar-refractivity contribution is 0.336. The fourth-order valence-corrected chi connectivity index (χ4v) is 3.99. The molecule has 0 radical (unpaired) electrons. The summed E-state index contributed by atoms with van der Waals surface area (Å²) in [5.74, 6) is -0.380. The van der Waals surface area contributed by atoms with E-state index in [1.54, 1.807) is 18.2 Å². The van der Waals surface area contributed by atoms with Crippen LogP contribution >= 0.6 is 34.7 Å². The maximum Gasteiger partial charge on any atom is 0.287 e. The van der Waals surface area contributed by atoms with Crippen LogP contribution in [-0.2, 0) is 5.54 Å². The second-order valence-electron chi connectivity index (χ2n) is 6.29. The molecule has 3 aromatic rings. The fraction of sp³-hybridized carbons (Fsp3) is 0.250. The summed E-state index contributed by atoms with van der Waals surface area (Å²) in [5.41, 5.74) is -0.519. The van der Waals surface area contributed by atoms with Crippen LogP contribution in [0, 0.1) is 5.82 Å². The largest absolute Gasteiger partial charge is 0.328 e. The summed E-state index contributed by atoms with van der Waals surface area (Å²) in [6, 6.07) is 6.29. The molecule has 0 aliphatic carbocycles. The van der Waals surface area contributed by atoms with Crippen LogP contribution in [0.2, 0.25) is 5.02 Å². The van der Waals surface area contributed by atoms with Gasteiger partial charge in [0.2, 0.25) is 5.13 Å². The van der Waals surface area contributed by atoms with Crippen LogP contribution < -0.4 is 10.9 Å². The zero-order valence-corrected chi connectivity index (χ0v) is 16.5. The second kappa shape index (κ2) is 7.34. The summed E-state index contributed by atoms with van der Waals surface area (Å²) < 4.78 is 15.6. The minimum Gasteiger partial charge on any atom is -0.328 e. The van der Waals surface area contributed by atoms with Crippen molar-refractivity contribution in [3.63, 3.8) is 0 Å². The molecule has 0 spiro atoms. The van der Waals surface area contributed by atoms with Gasteiger partial charge in [0.05, 0.1) is 22.3 Å². The molecular formula is C16H15ClFN5OS2. The molecule has 10 heteroatoms. The van der Waals surface area contributed by atoms with Crippen molar-refractivity contribution < 1.29 is 4.39 Å². The molecule has 1 aromatic carbocycles. The molecule has 0 bridgehead atoms. The molecule has 0 atom stereocenters. The Morgan fingerprint density at radius 1 is 1.27 bits per heavy atom. The molecule has 0 fully saturated rings. The number of anilines is 2. The highest BCUT2D eigenvalue weighted by molar-refractivity contribution is 8.01. The average Bonchev–Trinajstić information content (AvgIpc) is 3.00. The Morgan fingerprint density at radius 3 is 2.69 bits per heavy atom. The molecule has 2 aromatic heterocycles. The van der Waals surface area contributed by atoms with Crippen LogP contribution in [0.3, 0.4) is 0 Å². The zero-order chi connectivity index (χ0) is 18.9. The maximum atomic E-state index is 13.7. The van der Waals surface area contributed by atoms with Crippen molar-refractivity contribution >= 4 is 45.5 Å². The van der Waals surface area contributed by atoms with Gasteiger partial charge in [-0.05, 0) is 32.9 Å². The molecular weight excluding hydrogens is 397 g/mol. The summed E-state index contributed by atoms with van der Waals surface area (Å²) >= 11 is 8.62. The normalized spacial score (nSPS) is 11.6. The minimum absolute atomic E-state index is 0.0822. The molecule has 0 saturated carbocycles. The van der Waals surface area contributed by atoms with Gasteiger partial charge in [0, 0.05) is 0 Å².